The summed E-state index contributed by atoms with van der Waals surface area (Å²) in [6, 6.07) is 3.30. The smallest absolute Gasteiger partial charge is 0.271 e. The Bertz CT molecular complexity index is 742. The first-order valence-electron chi connectivity index (χ1n) is 4.86. The fourth-order valence-corrected chi connectivity index (χ4v) is 1.46. The van der Waals surface area contributed by atoms with Crippen molar-refractivity contribution >= 4 is 17.2 Å². The van der Waals surface area contributed by atoms with Crippen molar-refractivity contribution in [1.82, 2.24) is 35.0 Å². The largest absolute Gasteiger partial charge is 0.396 e. The van der Waals surface area contributed by atoms with Crippen LogP contribution < -0.4 is 11.5 Å². The van der Waals surface area contributed by atoms with Gasteiger partial charge in [0.2, 0.25) is 0 Å². The van der Waals surface area contributed by atoms with E-state index in [0.29, 0.717) is 11.5 Å². The Labute approximate surface area is 99.2 Å². The molecule has 3 aromatic rings. The molecule has 0 bridgehead atoms. The van der Waals surface area contributed by atoms with Crippen molar-refractivity contribution in [3.63, 3.8) is 0 Å². The second kappa shape index (κ2) is 3.48. The first kappa shape index (κ1) is 10.1. The summed E-state index contributed by atoms with van der Waals surface area (Å²) in [6.45, 7) is 0. The number of nitrogen functional groups attached to an aromatic ring is 1. The van der Waals surface area contributed by atoms with Gasteiger partial charge >= 0.3 is 0 Å². The van der Waals surface area contributed by atoms with Crippen LogP contribution in [0.2, 0.25) is 0 Å². The van der Waals surface area contributed by atoms with Crippen LogP contribution in [-0.4, -0.2) is 40.9 Å². The van der Waals surface area contributed by atoms with Gasteiger partial charge in [0.15, 0.2) is 17.2 Å². The van der Waals surface area contributed by atoms with Gasteiger partial charge < -0.3 is 11.5 Å². The number of aromatic nitrogens is 7. The van der Waals surface area contributed by atoms with Gasteiger partial charge in [0.1, 0.15) is 0 Å². The van der Waals surface area contributed by atoms with E-state index in [-0.39, 0.29) is 11.4 Å². The monoisotopic (exact) mass is 245 g/mol. The third-order valence-corrected chi connectivity index (χ3v) is 2.27. The van der Waals surface area contributed by atoms with Crippen LogP contribution in [0.15, 0.2) is 18.3 Å². The quantitative estimate of drug-likeness (QED) is 0.552. The van der Waals surface area contributed by atoms with Crippen molar-refractivity contribution in [2.45, 2.75) is 0 Å². The topological polar surface area (TPSA) is 143 Å². The lowest BCUT2D eigenvalue weighted by molar-refractivity contribution is 0.0996. The van der Waals surface area contributed by atoms with Gasteiger partial charge in [-0.3, -0.25) is 4.79 Å². The molecular formula is C8H7N9O. The first-order valence-corrected chi connectivity index (χ1v) is 4.86. The van der Waals surface area contributed by atoms with Crippen molar-refractivity contribution in [3.05, 3.63) is 24.0 Å². The molecule has 0 aromatic carbocycles. The molecule has 90 valence electrons. The maximum absolute atomic E-state index is 11.0. The zero-order valence-corrected chi connectivity index (χ0v) is 8.93. The molecule has 10 heteroatoms. The Morgan fingerprint density at radius 1 is 1.28 bits per heavy atom. The average molecular weight is 245 g/mol. The minimum Gasteiger partial charge on any atom is -0.396 e. The Morgan fingerprint density at radius 2 is 2.11 bits per heavy atom. The van der Waals surface area contributed by atoms with E-state index >= 15 is 0 Å². The Kier molecular flexibility index (Phi) is 1.96. The second-order valence-corrected chi connectivity index (χ2v) is 3.46. The molecule has 3 heterocycles. The van der Waals surface area contributed by atoms with E-state index in [9.17, 15) is 4.79 Å². The number of carbonyl (C=O) groups is 1. The highest BCUT2D eigenvalue weighted by Crippen LogP contribution is 2.12. The van der Waals surface area contributed by atoms with Gasteiger partial charge in [0.05, 0.1) is 11.9 Å². The first-order chi connectivity index (χ1) is 8.65. The van der Waals surface area contributed by atoms with E-state index in [0.717, 1.165) is 0 Å². The van der Waals surface area contributed by atoms with E-state index in [1.54, 1.807) is 12.1 Å². The molecule has 1 amide bonds. The van der Waals surface area contributed by atoms with Crippen LogP contribution in [-0.2, 0) is 0 Å². The predicted molar refractivity (Wildman–Crippen MR) is 58.6 cm³/mol. The lowest BCUT2D eigenvalue weighted by atomic mass is 10.4. The summed E-state index contributed by atoms with van der Waals surface area (Å²) in [4.78, 5) is 11.0. The standard InChI is InChI=1S/C8H7N9O/c9-4-3-16(13-7(4)8(10)18)6-2-1-5-11-14-15-17(5)12-6/h1-3H,9H2,(H2,10,18). The van der Waals surface area contributed by atoms with Crippen LogP contribution >= 0.6 is 0 Å². The summed E-state index contributed by atoms with van der Waals surface area (Å²) in [7, 11) is 0. The number of amides is 1. The van der Waals surface area contributed by atoms with Gasteiger partial charge in [-0.15, -0.1) is 14.8 Å². The molecule has 0 saturated carbocycles. The number of anilines is 1. The normalized spacial score (nSPS) is 10.9. The molecule has 0 atom stereocenters. The number of nitrogens with zero attached hydrogens (tertiary/aromatic N) is 7. The van der Waals surface area contributed by atoms with Crippen molar-refractivity contribution in [2.24, 2.45) is 5.73 Å². The predicted octanol–water partition coefficient (Wildman–Crippen LogP) is -1.61. The van der Waals surface area contributed by atoms with Crippen LogP contribution in [0, 0.1) is 0 Å². The number of hydrogen-bond acceptors (Lipinski definition) is 7. The van der Waals surface area contributed by atoms with Gasteiger partial charge in [0.25, 0.3) is 5.91 Å². The van der Waals surface area contributed by atoms with E-state index < -0.39 is 5.91 Å². The van der Waals surface area contributed by atoms with Crippen LogP contribution in [0.4, 0.5) is 5.69 Å². The number of fused-ring (bicyclic) bond motifs is 1. The molecule has 0 unspecified atom stereocenters. The van der Waals surface area contributed by atoms with Crippen molar-refractivity contribution in [3.8, 4) is 5.82 Å². The van der Waals surface area contributed by atoms with E-state index in [1.807, 2.05) is 0 Å². The highest BCUT2D eigenvalue weighted by molar-refractivity contribution is 5.95. The highest BCUT2D eigenvalue weighted by atomic mass is 16.1. The van der Waals surface area contributed by atoms with Gasteiger partial charge in [-0.25, -0.2) is 4.68 Å². The Hall–Kier alpha value is -3.04. The summed E-state index contributed by atoms with van der Waals surface area (Å²) < 4.78 is 2.56. The highest BCUT2D eigenvalue weighted by Gasteiger charge is 2.13. The number of nitrogens with two attached hydrogens (primary N) is 2. The zero-order valence-electron chi connectivity index (χ0n) is 8.93. The lowest BCUT2D eigenvalue weighted by Crippen LogP contribution is -2.14. The molecular weight excluding hydrogens is 238 g/mol. The molecule has 0 aliphatic heterocycles. The molecule has 18 heavy (non-hydrogen) atoms. The molecule has 0 fully saturated rings. The second-order valence-electron chi connectivity index (χ2n) is 3.46. The van der Waals surface area contributed by atoms with Gasteiger partial charge in [-0.05, 0) is 22.6 Å². The summed E-state index contributed by atoms with van der Waals surface area (Å²) in [5, 5.41) is 18.9. The molecule has 4 N–H and O–H groups in total. The lowest BCUT2D eigenvalue weighted by Gasteiger charge is -1.98. The van der Waals surface area contributed by atoms with E-state index in [1.165, 1.54) is 15.5 Å². The van der Waals surface area contributed by atoms with Crippen LogP contribution in [0.25, 0.3) is 11.5 Å². The maximum Gasteiger partial charge on any atom is 0.271 e. The van der Waals surface area contributed by atoms with E-state index in [4.69, 9.17) is 11.5 Å². The number of rotatable bonds is 2. The van der Waals surface area contributed by atoms with Crippen molar-refractivity contribution < 1.29 is 4.79 Å². The number of tetrazole rings is 1. The van der Waals surface area contributed by atoms with Gasteiger partial charge in [0, 0.05) is 0 Å². The summed E-state index contributed by atoms with van der Waals surface area (Å²) >= 11 is 0. The van der Waals surface area contributed by atoms with Gasteiger partial charge in [-0.2, -0.15) is 5.10 Å². The van der Waals surface area contributed by atoms with Crippen LogP contribution in [0.5, 0.6) is 0 Å². The minimum atomic E-state index is -0.699. The maximum atomic E-state index is 11.0. The average Bonchev–Trinajstić information content (AvgIpc) is 2.93. The zero-order chi connectivity index (χ0) is 12.7. The molecule has 0 radical (unpaired) electrons. The third-order valence-electron chi connectivity index (χ3n) is 2.27. The summed E-state index contributed by atoms with van der Waals surface area (Å²) in [5.74, 6) is -0.288. The molecule has 0 aliphatic rings. The molecule has 0 saturated heterocycles. The van der Waals surface area contributed by atoms with Crippen molar-refractivity contribution in [2.75, 3.05) is 5.73 Å². The van der Waals surface area contributed by atoms with Crippen LogP contribution in [0.3, 0.4) is 0 Å². The number of primary amides is 1. The van der Waals surface area contributed by atoms with Crippen molar-refractivity contribution in [1.29, 1.82) is 0 Å². The fourth-order valence-electron chi connectivity index (χ4n) is 1.46. The molecule has 0 aliphatic carbocycles. The molecule has 10 nitrogen and oxygen atoms in total. The Morgan fingerprint density at radius 3 is 2.83 bits per heavy atom. The van der Waals surface area contributed by atoms with Crippen LogP contribution in [0.1, 0.15) is 10.5 Å². The SMILES string of the molecule is NC(=O)c1nn(-c2ccc3nnnn3n2)cc1N. The van der Waals surface area contributed by atoms with Gasteiger partial charge in [-0.1, -0.05) is 0 Å². The number of hydrogen-bond donors (Lipinski definition) is 2. The Balaban J connectivity index is 2.13. The van der Waals surface area contributed by atoms with E-state index in [2.05, 4.69) is 25.7 Å². The minimum absolute atomic E-state index is 0.00591. The third kappa shape index (κ3) is 1.43. The summed E-state index contributed by atoms with van der Waals surface area (Å²) in [6.07, 6.45) is 1.44. The molecule has 3 aromatic heterocycles. The number of carbonyl (C=O) groups excluding carboxylic acids is 1. The fraction of sp³-hybridized carbons (Fsp3) is 0. The molecule has 3 rings (SSSR count). The summed E-state index contributed by atoms with van der Waals surface area (Å²) in [5.41, 5.74) is 11.4. The molecule has 0 spiro atoms.